The van der Waals surface area contributed by atoms with Crippen molar-refractivity contribution in [2.45, 2.75) is 44.2 Å². The minimum Gasteiger partial charge on any atom is -0.392 e. The third kappa shape index (κ3) is 4.32. The molecule has 0 aliphatic carbocycles. The standard InChI is InChI=1S/C13H19BrN4O3S/c1-2-13(15,12-17-9(14)7-22-12)6-10(19)21-11(20)8-4-3-5-16-18-8/h7-8,16,18H,2-6,15H2,1H3. The number of halogens is 1. The van der Waals surface area contributed by atoms with Gasteiger partial charge in [0.1, 0.15) is 15.7 Å². The van der Waals surface area contributed by atoms with Crippen molar-refractivity contribution in [2.75, 3.05) is 6.54 Å². The van der Waals surface area contributed by atoms with Gasteiger partial charge in [-0.1, -0.05) is 6.92 Å². The van der Waals surface area contributed by atoms with Crippen molar-refractivity contribution >= 4 is 39.2 Å². The molecule has 22 heavy (non-hydrogen) atoms. The average Bonchev–Trinajstić information content (AvgIpc) is 2.95. The van der Waals surface area contributed by atoms with Gasteiger partial charge in [0.25, 0.3) is 0 Å². The van der Waals surface area contributed by atoms with Gasteiger partial charge in [-0.3, -0.25) is 10.2 Å². The zero-order chi connectivity index (χ0) is 16.2. The monoisotopic (exact) mass is 390 g/mol. The number of nitrogens with zero attached hydrogens (tertiary/aromatic N) is 1. The zero-order valence-electron chi connectivity index (χ0n) is 12.2. The highest BCUT2D eigenvalue weighted by atomic mass is 79.9. The van der Waals surface area contributed by atoms with Crippen LogP contribution >= 0.6 is 27.3 Å². The number of aromatic nitrogens is 1. The van der Waals surface area contributed by atoms with E-state index in [4.69, 9.17) is 10.5 Å². The molecule has 0 aromatic carbocycles. The lowest BCUT2D eigenvalue weighted by molar-refractivity contribution is -0.162. The van der Waals surface area contributed by atoms with Gasteiger partial charge in [-0.2, -0.15) is 0 Å². The molecule has 9 heteroatoms. The van der Waals surface area contributed by atoms with E-state index in [1.165, 1.54) is 11.3 Å². The van der Waals surface area contributed by atoms with Crippen molar-refractivity contribution < 1.29 is 14.3 Å². The first-order valence-corrected chi connectivity index (χ1v) is 8.75. The van der Waals surface area contributed by atoms with E-state index in [9.17, 15) is 9.59 Å². The third-order valence-corrected chi connectivity index (χ3v) is 5.33. The molecule has 1 aliphatic rings. The second kappa shape index (κ2) is 7.60. The highest BCUT2D eigenvalue weighted by Gasteiger charge is 2.34. The lowest BCUT2D eigenvalue weighted by atomic mass is 9.94. The van der Waals surface area contributed by atoms with Gasteiger partial charge < -0.3 is 10.5 Å². The molecule has 0 radical (unpaired) electrons. The van der Waals surface area contributed by atoms with Crippen molar-refractivity contribution in [1.29, 1.82) is 0 Å². The Morgan fingerprint density at radius 1 is 1.64 bits per heavy atom. The molecular weight excluding hydrogens is 372 g/mol. The fourth-order valence-electron chi connectivity index (χ4n) is 2.15. The molecule has 1 saturated heterocycles. The van der Waals surface area contributed by atoms with E-state index in [0.29, 0.717) is 22.5 Å². The second-order valence-corrected chi connectivity index (χ2v) is 6.89. The first-order chi connectivity index (χ1) is 10.4. The largest absolute Gasteiger partial charge is 0.392 e. The van der Waals surface area contributed by atoms with Gasteiger partial charge >= 0.3 is 11.9 Å². The number of hydrazine groups is 1. The van der Waals surface area contributed by atoms with Gasteiger partial charge in [-0.15, -0.1) is 11.3 Å². The molecule has 0 spiro atoms. The van der Waals surface area contributed by atoms with E-state index in [0.717, 1.165) is 13.0 Å². The lowest BCUT2D eigenvalue weighted by Crippen LogP contribution is -2.51. The molecule has 0 bridgehead atoms. The molecule has 0 saturated carbocycles. The number of carbonyl (C=O) groups excluding carboxylic acids is 2. The van der Waals surface area contributed by atoms with Crippen LogP contribution in [0.3, 0.4) is 0 Å². The number of thiazole rings is 1. The Morgan fingerprint density at radius 3 is 2.95 bits per heavy atom. The zero-order valence-corrected chi connectivity index (χ0v) is 14.6. The summed E-state index contributed by atoms with van der Waals surface area (Å²) in [4.78, 5) is 28.2. The average molecular weight is 391 g/mol. The highest BCUT2D eigenvalue weighted by molar-refractivity contribution is 9.10. The quantitative estimate of drug-likeness (QED) is 0.511. The van der Waals surface area contributed by atoms with Gasteiger partial charge in [0.2, 0.25) is 0 Å². The summed E-state index contributed by atoms with van der Waals surface area (Å²) < 4.78 is 5.60. The van der Waals surface area contributed by atoms with Crippen molar-refractivity contribution in [2.24, 2.45) is 5.73 Å². The summed E-state index contributed by atoms with van der Waals surface area (Å²) in [7, 11) is 0. The summed E-state index contributed by atoms with van der Waals surface area (Å²) in [6, 6.07) is -0.500. The van der Waals surface area contributed by atoms with Crippen molar-refractivity contribution in [3.63, 3.8) is 0 Å². The van der Waals surface area contributed by atoms with Gasteiger partial charge in [-0.25, -0.2) is 15.2 Å². The van der Waals surface area contributed by atoms with Crippen molar-refractivity contribution in [3.05, 3.63) is 15.0 Å². The molecule has 4 N–H and O–H groups in total. The SMILES string of the molecule is CCC(N)(CC(=O)OC(=O)C1CCCNN1)c1nc(Br)cs1. The van der Waals surface area contributed by atoms with Gasteiger partial charge in [0.15, 0.2) is 0 Å². The van der Waals surface area contributed by atoms with Crippen LogP contribution in [0, 0.1) is 0 Å². The Bertz CT molecular complexity index is 547. The van der Waals surface area contributed by atoms with Gasteiger partial charge in [0, 0.05) is 11.9 Å². The van der Waals surface area contributed by atoms with Crippen LogP contribution in [-0.4, -0.2) is 29.5 Å². The molecule has 0 amide bonds. The topological polar surface area (TPSA) is 106 Å². The number of ether oxygens (including phenoxy) is 1. The normalized spacial score (nSPS) is 21.1. The molecule has 1 aromatic heterocycles. The summed E-state index contributed by atoms with van der Waals surface area (Å²) in [6.45, 7) is 2.66. The Hall–Kier alpha value is -0.870. The van der Waals surface area contributed by atoms with Crippen LogP contribution in [0.15, 0.2) is 9.98 Å². The minimum absolute atomic E-state index is 0.0880. The van der Waals surface area contributed by atoms with E-state index in [1.54, 1.807) is 5.38 Å². The number of hydrogen-bond acceptors (Lipinski definition) is 8. The molecule has 2 unspecified atom stereocenters. The van der Waals surface area contributed by atoms with E-state index in [1.807, 2.05) is 6.92 Å². The first-order valence-electron chi connectivity index (χ1n) is 7.08. The maximum Gasteiger partial charge on any atom is 0.332 e. The third-order valence-electron chi connectivity index (χ3n) is 3.56. The molecule has 2 rings (SSSR count). The Labute approximate surface area is 141 Å². The fraction of sp³-hybridized carbons (Fsp3) is 0.615. The van der Waals surface area contributed by atoms with Crippen LogP contribution in [0.1, 0.15) is 37.6 Å². The molecule has 2 atom stereocenters. The second-order valence-electron chi connectivity index (χ2n) is 5.22. The predicted octanol–water partition coefficient (Wildman–Crippen LogP) is 1.19. The van der Waals surface area contributed by atoms with E-state index in [-0.39, 0.29) is 6.42 Å². The number of nitrogens with one attached hydrogen (secondary N) is 2. The highest BCUT2D eigenvalue weighted by Crippen LogP contribution is 2.30. The van der Waals surface area contributed by atoms with Crippen LogP contribution in [0.5, 0.6) is 0 Å². The van der Waals surface area contributed by atoms with Crippen LogP contribution in [0.4, 0.5) is 0 Å². The van der Waals surface area contributed by atoms with Gasteiger partial charge in [0.05, 0.1) is 12.0 Å². The first kappa shape index (κ1) is 17.5. The molecule has 1 fully saturated rings. The van der Waals surface area contributed by atoms with Crippen LogP contribution in [0.2, 0.25) is 0 Å². The Balaban J connectivity index is 1.95. The summed E-state index contributed by atoms with van der Waals surface area (Å²) >= 11 is 4.64. The Morgan fingerprint density at radius 2 is 2.41 bits per heavy atom. The summed E-state index contributed by atoms with van der Waals surface area (Å²) in [6.07, 6.45) is 1.92. The van der Waals surface area contributed by atoms with Crippen LogP contribution < -0.4 is 16.6 Å². The van der Waals surface area contributed by atoms with E-state index < -0.39 is 23.5 Å². The van der Waals surface area contributed by atoms with Crippen LogP contribution in [-0.2, 0) is 19.9 Å². The molecule has 122 valence electrons. The predicted molar refractivity (Wildman–Crippen MR) is 85.8 cm³/mol. The van der Waals surface area contributed by atoms with Crippen LogP contribution in [0.25, 0.3) is 0 Å². The summed E-state index contributed by atoms with van der Waals surface area (Å²) in [5.41, 5.74) is 11.0. The lowest BCUT2D eigenvalue weighted by Gasteiger charge is -2.25. The van der Waals surface area contributed by atoms with E-state index >= 15 is 0 Å². The minimum atomic E-state index is -0.924. The fourth-order valence-corrected chi connectivity index (χ4v) is 3.59. The van der Waals surface area contributed by atoms with Crippen molar-refractivity contribution in [1.82, 2.24) is 15.8 Å². The summed E-state index contributed by atoms with van der Waals surface area (Å²) in [5, 5.41) is 2.45. The maximum absolute atomic E-state index is 12.0. The molecular formula is C13H19BrN4O3S. The maximum atomic E-state index is 12.0. The molecule has 7 nitrogen and oxygen atoms in total. The number of nitrogens with two attached hydrogens (primary N) is 1. The number of hydrogen-bond donors (Lipinski definition) is 3. The summed E-state index contributed by atoms with van der Waals surface area (Å²) in [5.74, 6) is -1.20. The van der Waals surface area contributed by atoms with Gasteiger partial charge in [-0.05, 0) is 35.2 Å². The smallest absolute Gasteiger partial charge is 0.332 e. The molecule has 1 aromatic rings. The Kier molecular flexibility index (Phi) is 6.04. The number of carbonyl (C=O) groups is 2. The van der Waals surface area contributed by atoms with Crippen molar-refractivity contribution in [3.8, 4) is 0 Å². The number of esters is 2. The molecule has 2 heterocycles. The molecule has 1 aliphatic heterocycles. The number of rotatable bonds is 5. The van der Waals surface area contributed by atoms with E-state index in [2.05, 4.69) is 31.8 Å².